The second-order valence-electron chi connectivity index (χ2n) is 4.33. The number of alkyl halides is 6. The van der Waals surface area contributed by atoms with E-state index >= 15 is 0 Å². The second kappa shape index (κ2) is 5.93. The number of hydrogen-bond acceptors (Lipinski definition) is 4. The molecule has 0 aliphatic rings. The summed E-state index contributed by atoms with van der Waals surface area (Å²) in [7, 11) is 0. The van der Waals surface area contributed by atoms with Gasteiger partial charge in [-0.25, -0.2) is 0 Å². The van der Waals surface area contributed by atoms with Crippen molar-refractivity contribution in [3.8, 4) is 0 Å². The predicted molar refractivity (Wildman–Crippen MR) is 63.0 cm³/mol. The van der Waals surface area contributed by atoms with Crippen LogP contribution in [0.5, 0.6) is 0 Å². The average molecular weight is 342 g/mol. The highest BCUT2D eigenvalue weighted by Crippen LogP contribution is 2.30. The van der Waals surface area contributed by atoms with Crippen molar-refractivity contribution >= 4 is 16.9 Å². The zero-order valence-electron chi connectivity index (χ0n) is 11.1. The molecule has 0 spiro atoms. The smallest absolute Gasteiger partial charge is 0.385 e. The summed E-state index contributed by atoms with van der Waals surface area (Å²) in [5.74, 6) is -1.11. The van der Waals surface area contributed by atoms with Gasteiger partial charge in [0.1, 0.15) is 17.6 Å². The van der Waals surface area contributed by atoms with Crippen LogP contribution in [0.25, 0.3) is 11.0 Å². The SMILES string of the molecule is O=C(COn1nnc2ccc(C(F)(F)F)cc21)NCC(F)(F)F. The van der Waals surface area contributed by atoms with Gasteiger partial charge in [-0.3, -0.25) is 4.79 Å². The molecule has 0 atom stereocenters. The first-order valence-corrected chi connectivity index (χ1v) is 5.96. The Hall–Kier alpha value is -2.53. The Balaban J connectivity index is 2.07. The normalized spacial score (nSPS) is 12.4. The Morgan fingerprint density at radius 1 is 1.22 bits per heavy atom. The van der Waals surface area contributed by atoms with E-state index in [0.717, 1.165) is 12.1 Å². The van der Waals surface area contributed by atoms with Gasteiger partial charge in [0.2, 0.25) is 0 Å². The molecule has 1 aromatic heterocycles. The number of nitrogens with zero attached hydrogens (tertiary/aromatic N) is 3. The van der Waals surface area contributed by atoms with Crippen molar-refractivity contribution in [1.29, 1.82) is 0 Å². The number of carbonyl (C=O) groups excluding carboxylic acids is 1. The molecular formula is C11H8F6N4O2. The van der Waals surface area contributed by atoms with Crippen LogP contribution in [0, 0.1) is 0 Å². The van der Waals surface area contributed by atoms with Gasteiger partial charge in [-0.2, -0.15) is 26.3 Å². The van der Waals surface area contributed by atoms with Gasteiger partial charge in [-0.15, -0.1) is 5.10 Å². The number of nitrogens with one attached hydrogen (secondary N) is 1. The van der Waals surface area contributed by atoms with Crippen molar-refractivity contribution in [1.82, 2.24) is 20.5 Å². The first kappa shape index (κ1) is 16.8. The minimum Gasteiger partial charge on any atom is -0.385 e. The Kier molecular flexibility index (Phi) is 4.34. The molecule has 0 saturated heterocycles. The van der Waals surface area contributed by atoms with Crippen molar-refractivity contribution in [3.63, 3.8) is 0 Å². The summed E-state index contributed by atoms with van der Waals surface area (Å²) in [6.07, 6.45) is -9.19. The molecule has 126 valence electrons. The van der Waals surface area contributed by atoms with Crippen molar-refractivity contribution in [2.45, 2.75) is 12.4 Å². The largest absolute Gasteiger partial charge is 0.416 e. The van der Waals surface area contributed by atoms with Crippen LogP contribution in [0.1, 0.15) is 5.56 Å². The van der Waals surface area contributed by atoms with Gasteiger partial charge in [0.15, 0.2) is 6.61 Å². The second-order valence-corrected chi connectivity index (χ2v) is 4.33. The molecule has 1 aromatic carbocycles. The van der Waals surface area contributed by atoms with Crippen LogP contribution in [-0.2, 0) is 11.0 Å². The van der Waals surface area contributed by atoms with Crippen molar-refractivity contribution in [3.05, 3.63) is 23.8 Å². The maximum absolute atomic E-state index is 12.6. The first-order chi connectivity index (χ1) is 10.6. The van der Waals surface area contributed by atoms with Gasteiger partial charge in [0, 0.05) is 0 Å². The van der Waals surface area contributed by atoms with E-state index in [9.17, 15) is 31.1 Å². The molecule has 23 heavy (non-hydrogen) atoms. The molecule has 0 unspecified atom stereocenters. The molecule has 1 amide bonds. The number of fused-ring (bicyclic) bond motifs is 1. The topological polar surface area (TPSA) is 69.0 Å². The first-order valence-electron chi connectivity index (χ1n) is 5.96. The lowest BCUT2D eigenvalue weighted by molar-refractivity contribution is -0.141. The molecule has 0 aliphatic heterocycles. The lowest BCUT2D eigenvalue weighted by atomic mass is 10.2. The van der Waals surface area contributed by atoms with E-state index in [2.05, 4.69) is 10.3 Å². The molecule has 2 rings (SSSR count). The summed E-state index contributed by atoms with van der Waals surface area (Å²) < 4.78 is 73.6. The van der Waals surface area contributed by atoms with Gasteiger partial charge in [-0.05, 0) is 23.4 Å². The van der Waals surface area contributed by atoms with Gasteiger partial charge in [0.05, 0.1) is 5.56 Å². The standard InChI is InChI=1S/C11H8F6N4O2/c12-10(13,14)5-18-9(22)4-23-21-8-3-6(11(15,16)17)1-2-7(8)19-20-21/h1-3H,4-5H2,(H,18,22). The number of aromatic nitrogens is 3. The van der Waals surface area contributed by atoms with E-state index in [1.54, 1.807) is 0 Å². The van der Waals surface area contributed by atoms with Crippen LogP contribution in [0.4, 0.5) is 26.3 Å². The van der Waals surface area contributed by atoms with E-state index < -0.39 is 37.0 Å². The van der Waals surface area contributed by atoms with Crippen LogP contribution in [0.3, 0.4) is 0 Å². The van der Waals surface area contributed by atoms with E-state index in [4.69, 9.17) is 4.84 Å². The molecule has 0 radical (unpaired) electrons. The van der Waals surface area contributed by atoms with Crippen LogP contribution in [0.15, 0.2) is 18.2 Å². The summed E-state index contributed by atoms with van der Waals surface area (Å²) in [6.45, 7) is -2.42. The van der Waals surface area contributed by atoms with Gasteiger partial charge >= 0.3 is 12.4 Å². The fourth-order valence-electron chi connectivity index (χ4n) is 1.54. The number of halogens is 6. The van der Waals surface area contributed by atoms with Gasteiger partial charge < -0.3 is 10.2 Å². The quantitative estimate of drug-likeness (QED) is 0.857. The summed E-state index contributed by atoms with van der Waals surface area (Å²) in [5, 5.41) is 8.43. The number of amides is 1. The van der Waals surface area contributed by atoms with E-state index in [1.807, 2.05) is 0 Å². The molecular weight excluding hydrogens is 334 g/mol. The third-order valence-corrected chi connectivity index (χ3v) is 2.55. The molecule has 1 N–H and O–H groups in total. The predicted octanol–water partition coefficient (Wildman–Crippen LogP) is 1.56. The molecule has 0 saturated carbocycles. The van der Waals surface area contributed by atoms with E-state index in [1.165, 1.54) is 5.32 Å². The fourth-order valence-corrected chi connectivity index (χ4v) is 1.54. The number of hydrogen-bond donors (Lipinski definition) is 1. The highest BCUT2D eigenvalue weighted by molar-refractivity contribution is 5.78. The lowest BCUT2D eigenvalue weighted by Gasteiger charge is -2.09. The highest BCUT2D eigenvalue weighted by Gasteiger charge is 2.31. The summed E-state index contributed by atoms with van der Waals surface area (Å²) >= 11 is 0. The molecule has 0 fully saturated rings. The maximum atomic E-state index is 12.6. The minimum atomic E-state index is -4.60. The summed E-state index contributed by atoms with van der Waals surface area (Å²) in [6, 6.07) is 2.54. The van der Waals surface area contributed by atoms with Gasteiger partial charge in [-0.1, -0.05) is 4.85 Å². The van der Waals surface area contributed by atoms with E-state index in [-0.39, 0.29) is 11.0 Å². The fraction of sp³-hybridized carbons (Fsp3) is 0.364. The Morgan fingerprint density at radius 2 is 1.91 bits per heavy atom. The average Bonchev–Trinajstić information content (AvgIpc) is 2.83. The summed E-state index contributed by atoms with van der Waals surface area (Å²) in [5.41, 5.74) is -1.10. The molecule has 0 aliphatic carbocycles. The van der Waals surface area contributed by atoms with Crippen molar-refractivity contribution < 1.29 is 36.0 Å². The van der Waals surface area contributed by atoms with Crippen molar-refractivity contribution in [2.24, 2.45) is 0 Å². The van der Waals surface area contributed by atoms with Gasteiger partial charge in [0.25, 0.3) is 5.91 Å². The molecule has 1 heterocycles. The van der Waals surface area contributed by atoms with Crippen LogP contribution >= 0.6 is 0 Å². The third-order valence-electron chi connectivity index (χ3n) is 2.55. The maximum Gasteiger partial charge on any atom is 0.416 e. The van der Waals surface area contributed by atoms with Crippen LogP contribution in [0.2, 0.25) is 0 Å². The molecule has 6 nitrogen and oxygen atoms in total. The molecule has 2 aromatic rings. The Bertz CT molecular complexity index is 709. The van der Waals surface area contributed by atoms with Crippen molar-refractivity contribution in [2.75, 3.05) is 13.2 Å². The Morgan fingerprint density at radius 3 is 2.52 bits per heavy atom. The number of rotatable bonds is 4. The van der Waals surface area contributed by atoms with E-state index in [0.29, 0.717) is 10.9 Å². The Labute approximate surface area is 124 Å². The lowest BCUT2D eigenvalue weighted by Crippen LogP contribution is -2.38. The zero-order chi connectivity index (χ0) is 17.3. The number of benzene rings is 1. The molecule has 12 heteroatoms. The third kappa shape index (κ3) is 4.47. The summed E-state index contributed by atoms with van der Waals surface area (Å²) in [4.78, 5) is 16.5. The highest BCUT2D eigenvalue weighted by atomic mass is 19.4. The van der Waals surface area contributed by atoms with Crippen LogP contribution in [-0.4, -0.2) is 40.4 Å². The molecule has 0 bridgehead atoms. The van der Waals surface area contributed by atoms with Crippen LogP contribution < -0.4 is 10.2 Å². The minimum absolute atomic E-state index is 0.0636. The monoisotopic (exact) mass is 342 g/mol. The zero-order valence-corrected chi connectivity index (χ0v) is 11.1. The number of carbonyl (C=O) groups is 1.